The highest BCUT2D eigenvalue weighted by Crippen LogP contribution is 2.38. The molecule has 0 bridgehead atoms. The monoisotopic (exact) mass is 247 g/mol. The zero-order chi connectivity index (χ0) is 11.4. The maximum absolute atomic E-state index is 11.2. The molecule has 0 aliphatic rings. The van der Waals surface area contributed by atoms with E-state index in [9.17, 15) is 4.79 Å². The van der Waals surface area contributed by atoms with Crippen LogP contribution in [0, 0.1) is 0 Å². The number of carbonyl (C=O) groups excluding carboxylic acids is 1. The van der Waals surface area contributed by atoms with Crippen molar-refractivity contribution in [3.63, 3.8) is 0 Å². The van der Waals surface area contributed by atoms with Gasteiger partial charge in [-0.2, -0.15) is 0 Å². The van der Waals surface area contributed by atoms with Crippen LogP contribution in [0.15, 0.2) is 12.1 Å². The summed E-state index contributed by atoms with van der Waals surface area (Å²) in [5.41, 5.74) is 0.527. The van der Waals surface area contributed by atoms with Crippen LogP contribution in [-0.2, 0) is 4.79 Å². The minimum atomic E-state index is -0.105. The highest BCUT2D eigenvalue weighted by atomic mass is 35.5. The van der Waals surface area contributed by atoms with E-state index in [1.54, 1.807) is 19.1 Å². The van der Waals surface area contributed by atoms with Gasteiger partial charge in [-0.15, -0.1) is 0 Å². The summed E-state index contributed by atoms with van der Waals surface area (Å²) in [6.07, 6.45) is 0.392. The zero-order valence-electron chi connectivity index (χ0n) is 8.43. The van der Waals surface area contributed by atoms with E-state index < -0.39 is 0 Å². The lowest BCUT2D eigenvalue weighted by molar-refractivity contribution is -0.115. The maximum atomic E-state index is 11.2. The van der Waals surface area contributed by atoms with Crippen molar-refractivity contribution < 1.29 is 9.53 Å². The van der Waals surface area contributed by atoms with E-state index in [-0.39, 0.29) is 5.91 Å². The second-order valence-corrected chi connectivity index (χ2v) is 3.63. The largest absolute Gasteiger partial charge is 0.493 e. The summed E-state index contributed by atoms with van der Waals surface area (Å²) in [5.74, 6) is 0.276. The number of carbonyl (C=O) groups is 1. The SMILES string of the molecule is CCC(=O)Nc1ccc(Cl)c(Cl)c1OC. The van der Waals surface area contributed by atoms with Gasteiger partial charge in [-0.05, 0) is 12.1 Å². The molecule has 3 nitrogen and oxygen atoms in total. The van der Waals surface area contributed by atoms with Gasteiger partial charge >= 0.3 is 0 Å². The number of benzene rings is 1. The van der Waals surface area contributed by atoms with Crippen molar-refractivity contribution in [3.8, 4) is 5.75 Å². The molecule has 0 heterocycles. The fourth-order valence-corrected chi connectivity index (χ4v) is 1.46. The van der Waals surface area contributed by atoms with Gasteiger partial charge in [0.05, 0.1) is 17.8 Å². The zero-order valence-corrected chi connectivity index (χ0v) is 9.95. The van der Waals surface area contributed by atoms with Crippen molar-refractivity contribution in [2.75, 3.05) is 12.4 Å². The highest BCUT2D eigenvalue weighted by Gasteiger charge is 2.12. The predicted octanol–water partition coefficient (Wildman–Crippen LogP) is 3.35. The summed E-state index contributed by atoms with van der Waals surface area (Å²) in [6.45, 7) is 1.76. The van der Waals surface area contributed by atoms with Crippen molar-refractivity contribution in [2.45, 2.75) is 13.3 Å². The molecule has 0 aromatic heterocycles. The average Bonchev–Trinajstić information content (AvgIpc) is 2.24. The van der Waals surface area contributed by atoms with Crippen molar-refractivity contribution in [1.29, 1.82) is 0 Å². The van der Waals surface area contributed by atoms with Crippen LogP contribution in [0.5, 0.6) is 5.75 Å². The quantitative estimate of drug-likeness (QED) is 0.890. The Hall–Kier alpha value is -0.930. The number of methoxy groups -OCH3 is 1. The standard InChI is InChI=1S/C10H11Cl2NO2/c1-3-8(14)13-7-5-4-6(11)9(12)10(7)15-2/h4-5H,3H2,1-2H3,(H,13,14). The first-order chi connectivity index (χ1) is 7.10. The molecule has 0 saturated heterocycles. The second kappa shape index (κ2) is 5.24. The topological polar surface area (TPSA) is 38.3 Å². The first-order valence-corrected chi connectivity index (χ1v) is 5.17. The van der Waals surface area contributed by atoms with Crippen LogP contribution in [0.1, 0.15) is 13.3 Å². The van der Waals surface area contributed by atoms with Crippen LogP contribution in [-0.4, -0.2) is 13.0 Å². The van der Waals surface area contributed by atoms with Crippen LogP contribution in [0.3, 0.4) is 0 Å². The minimum absolute atomic E-state index is 0.105. The Labute approximate surface area is 98.3 Å². The number of halogens is 2. The van der Waals surface area contributed by atoms with Crippen molar-refractivity contribution in [3.05, 3.63) is 22.2 Å². The van der Waals surface area contributed by atoms with Gasteiger partial charge in [0.25, 0.3) is 0 Å². The molecular weight excluding hydrogens is 237 g/mol. The Kier molecular flexibility index (Phi) is 4.24. The van der Waals surface area contributed by atoms with Crippen LogP contribution < -0.4 is 10.1 Å². The number of hydrogen-bond acceptors (Lipinski definition) is 2. The molecule has 0 aliphatic heterocycles. The molecule has 0 spiro atoms. The number of rotatable bonds is 3. The Morgan fingerprint density at radius 1 is 1.47 bits per heavy atom. The summed E-state index contributed by atoms with van der Waals surface area (Å²) in [4.78, 5) is 11.2. The number of amides is 1. The molecule has 1 amide bonds. The molecule has 1 rings (SSSR count). The van der Waals surface area contributed by atoms with Gasteiger partial charge in [0.15, 0.2) is 5.75 Å². The molecule has 0 radical (unpaired) electrons. The van der Waals surface area contributed by atoms with Gasteiger partial charge in [0.1, 0.15) is 5.02 Å². The molecule has 0 fully saturated rings. The van der Waals surface area contributed by atoms with Crippen LogP contribution >= 0.6 is 23.2 Å². The predicted molar refractivity (Wildman–Crippen MR) is 61.9 cm³/mol. The van der Waals surface area contributed by atoms with E-state index >= 15 is 0 Å². The first kappa shape index (κ1) is 12.1. The highest BCUT2D eigenvalue weighted by molar-refractivity contribution is 6.43. The summed E-state index contributed by atoms with van der Waals surface area (Å²) in [5, 5.41) is 3.36. The smallest absolute Gasteiger partial charge is 0.224 e. The number of nitrogens with one attached hydrogen (secondary N) is 1. The maximum Gasteiger partial charge on any atom is 0.224 e. The molecule has 1 N–H and O–H groups in total. The van der Waals surface area contributed by atoms with E-state index in [0.717, 1.165) is 0 Å². The van der Waals surface area contributed by atoms with E-state index in [4.69, 9.17) is 27.9 Å². The van der Waals surface area contributed by atoms with Crippen LogP contribution in [0.4, 0.5) is 5.69 Å². The first-order valence-electron chi connectivity index (χ1n) is 4.42. The van der Waals surface area contributed by atoms with E-state index in [1.165, 1.54) is 7.11 Å². The van der Waals surface area contributed by atoms with Gasteiger partial charge in [-0.1, -0.05) is 30.1 Å². The summed E-state index contributed by atoms with van der Waals surface area (Å²) in [7, 11) is 1.47. The average molecular weight is 248 g/mol. The molecule has 5 heteroatoms. The van der Waals surface area contributed by atoms with E-state index in [2.05, 4.69) is 5.32 Å². The molecule has 82 valence electrons. The lowest BCUT2D eigenvalue weighted by Gasteiger charge is -2.11. The molecule has 0 saturated carbocycles. The Morgan fingerprint density at radius 3 is 2.67 bits per heavy atom. The fourth-order valence-electron chi connectivity index (χ4n) is 1.07. The van der Waals surface area contributed by atoms with E-state index in [1.807, 2.05) is 0 Å². The molecule has 0 unspecified atom stereocenters. The third kappa shape index (κ3) is 2.76. The van der Waals surface area contributed by atoms with Crippen LogP contribution in [0.2, 0.25) is 10.0 Å². The lowest BCUT2D eigenvalue weighted by Crippen LogP contribution is -2.10. The molecule has 15 heavy (non-hydrogen) atoms. The van der Waals surface area contributed by atoms with Crippen LogP contribution in [0.25, 0.3) is 0 Å². The summed E-state index contributed by atoms with van der Waals surface area (Å²) < 4.78 is 5.07. The van der Waals surface area contributed by atoms with Crippen molar-refractivity contribution in [2.24, 2.45) is 0 Å². The molecular formula is C10H11Cl2NO2. The third-order valence-electron chi connectivity index (χ3n) is 1.85. The Bertz CT molecular complexity index is 380. The minimum Gasteiger partial charge on any atom is -0.493 e. The van der Waals surface area contributed by atoms with Crippen molar-refractivity contribution in [1.82, 2.24) is 0 Å². The fraction of sp³-hybridized carbons (Fsp3) is 0.300. The van der Waals surface area contributed by atoms with Gasteiger partial charge in [-0.3, -0.25) is 4.79 Å². The Balaban J connectivity index is 3.07. The van der Waals surface area contributed by atoms with Gasteiger partial charge in [0, 0.05) is 6.42 Å². The molecule has 0 atom stereocenters. The summed E-state index contributed by atoms with van der Waals surface area (Å²) >= 11 is 11.7. The van der Waals surface area contributed by atoms with Gasteiger partial charge < -0.3 is 10.1 Å². The molecule has 0 aliphatic carbocycles. The molecule has 1 aromatic carbocycles. The Morgan fingerprint density at radius 2 is 2.13 bits per heavy atom. The number of hydrogen-bond donors (Lipinski definition) is 1. The number of ether oxygens (including phenoxy) is 1. The third-order valence-corrected chi connectivity index (χ3v) is 2.64. The van der Waals surface area contributed by atoms with Gasteiger partial charge in [0.2, 0.25) is 5.91 Å². The van der Waals surface area contributed by atoms with Gasteiger partial charge in [-0.25, -0.2) is 0 Å². The number of anilines is 1. The van der Waals surface area contributed by atoms with E-state index in [0.29, 0.717) is 27.9 Å². The summed E-state index contributed by atoms with van der Waals surface area (Å²) in [6, 6.07) is 3.26. The normalized spacial score (nSPS) is 9.87. The van der Waals surface area contributed by atoms with Crippen molar-refractivity contribution >= 4 is 34.8 Å². The molecule has 1 aromatic rings. The lowest BCUT2D eigenvalue weighted by atomic mass is 10.2. The second-order valence-electron chi connectivity index (χ2n) is 2.84.